The van der Waals surface area contributed by atoms with E-state index in [0.717, 1.165) is 15.8 Å². The van der Waals surface area contributed by atoms with E-state index >= 15 is 0 Å². The average Bonchev–Trinajstić information content (AvgIpc) is 3.26. The maximum absolute atomic E-state index is 12.9. The number of hydrogen-bond acceptors (Lipinski definition) is 4. The summed E-state index contributed by atoms with van der Waals surface area (Å²) in [6, 6.07) is 17.4. The van der Waals surface area contributed by atoms with Crippen molar-refractivity contribution in [2.75, 3.05) is 5.32 Å². The number of pyridine rings is 1. The van der Waals surface area contributed by atoms with Crippen molar-refractivity contribution < 1.29 is 4.79 Å². The SMILES string of the molecule is CC(C)(C)c1cc(NC(=O)c2cc3ccccc3s2)n(-c2ccccn2)n1. The molecule has 0 atom stereocenters. The van der Waals surface area contributed by atoms with Gasteiger partial charge in [-0.2, -0.15) is 9.78 Å². The van der Waals surface area contributed by atoms with Crippen molar-refractivity contribution in [1.82, 2.24) is 14.8 Å². The second-order valence-electron chi connectivity index (χ2n) is 7.37. The molecular formula is C21H20N4OS. The molecule has 0 fully saturated rings. The van der Waals surface area contributed by atoms with Crippen molar-refractivity contribution in [3.8, 4) is 5.82 Å². The van der Waals surface area contributed by atoms with Gasteiger partial charge in [0.1, 0.15) is 5.82 Å². The van der Waals surface area contributed by atoms with E-state index in [2.05, 4.69) is 36.2 Å². The van der Waals surface area contributed by atoms with E-state index in [-0.39, 0.29) is 11.3 Å². The lowest BCUT2D eigenvalue weighted by atomic mass is 9.92. The first-order chi connectivity index (χ1) is 12.9. The van der Waals surface area contributed by atoms with Gasteiger partial charge in [0, 0.05) is 22.4 Å². The zero-order valence-electron chi connectivity index (χ0n) is 15.4. The lowest BCUT2D eigenvalue weighted by molar-refractivity contribution is 0.103. The molecule has 1 aromatic carbocycles. The topological polar surface area (TPSA) is 59.8 Å². The van der Waals surface area contributed by atoms with Gasteiger partial charge in [-0.05, 0) is 29.7 Å². The van der Waals surface area contributed by atoms with Gasteiger partial charge in [0.2, 0.25) is 0 Å². The Morgan fingerprint density at radius 2 is 1.85 bits per heavy atom. The molecule has 27 heavy (non-hydrogen) atoms. The molecule has 136 valence electrons. The third-order valence-corrected chi connectivity index (χ3v) is 5.35. The van der Waals surface area contributed by atoms with Gasteiger partial charge in [0.15, 0.2) is 5.82 Å². The Labute approximate surface area is 161 Å². The molecule has 1 N–H and O–H groups in total. The predicted molar refractivity (Wildman–Crippen MR) is 110 cm³/mol. The van der Waals surface area contributed by atoms with E-state index in [1.807, 2.05) is 54.6 Å². The first-order valence-corrected chi connectivity index (χ1v) is 9.55. The number of carbonyl (C=O) groups is 1. The van der Waals surface area contributed by atoms with Gasteiger partial charge in [-0.25, -0.2) is 4.98 Å². The van der Waals surface area contributed by atoms with Crippen molar-refractivity contribution in [3.63, 3.8) is 0 Å². The fraction of sp³-hybridized carbons (Fsp3) is 0.190. The third kappa shape index (κ3) is 3.48. The Bertz CT molecular complexity index is 1070. The minimum absolute atomic E-state index is 0.142. The third-order valence-electron chi connectivity index (χ3n) is 4.23. The quantitative estimate of drug-likeness (QED) is 0.545. The maximum atomic E-state index is 12.9. The molecule has 3 aromatic heterocycles. The summed E-state index contributed by atoms with van der Waals surface area (Å²) in [5, 5.41) is 8.77. The van der Waals surface area contributed by atoms with Gasteiger partial charge in [-0.3, -0.25) is 4.79 Å². The minimum Gasteiger partial charge on any atom is -0.306 e. The Morgan fingerprint density at radius 3 is 2.56 bits per heavy atom. The largest absolute Gasteiger partial charge is 0.306 e. The van der Waals surface area contributed by atoms with Gasteiger partial charge in [-0.1, -0.05) is 45.0 Å². The van der Waals surface area contributed by atoms with Crippen LogP contribution in [0.4, 0.5) is 5.82 Å². The first kappa shape index (κ1) is 17.4. The van der Waals surface area contributed by atoms with Gasteiger partial charge in [0.05, 0.1) is 10.6 Å². The second kappa shape index (κ2) is 6.63. The fourth-order valence-electron chi connectivity index (χ4n) is 2.76. The van der Waals surface area contributed by atoms with Crippen LogP contribution in [-0.4, -0.2) is 20.7 Å². The van der Waals surface area contributed by atoms with E-state index in [0.29, 0.717) is 16.5 Å². The van der Waals surface area contributed by atoms with E-state index in [1.54, 1.807) is 10.9 Å². The van der Waals surface area contributed by atoms with Crippen LogP contribution in [0.25, 0.3) is 15.9 Å². The molecule has 0 aliphatic heterocycles. The zero-order chi connectivity index (χ0) is 19.0. The number of thiophene rings is 1. The van der Waals surface area contributed by atoms with Gasteiger partial charge >= 0.3 is 0 Å². The Balaban J connectivity index is 1.72. The molecular weight excluding hydrogens is 356 g/mol. The Morgan fingerprint density at radius 1 is 1.07 bits per heavy atom. The van der Waals surface area contributed by atoms with Crippen LogP contribution < -0.4 is 5.32 Å². The highest BCUT2D eigenvalue weighted by atomic mass is 32.1. The summed E-state index contributed by atoms with van der Waals surface area (Å²) < 4.78 is 2.78. The summed E-state index contributed by atoms with van der Waals surface area (Å²) in [6.45, 7) is 6.28. The molecule has 0 aliphatic carbocycles. The standard InChI is InChI=1S/C21H20N4OS/c1-21(2,3)17-13-19(25(24-17)18-10-6-7-11-22-18)23-20(26)16-12-14-8-4-5-9-15(14)27-16/h4-13H,1-3H3,(H,23,26). The summed E-state index contributed by atoms with van der Waals surface area (Å²) in [4.78, 5) is 17.9. The van der Waals surface area contributed by atoms with Gasteiger partial charge in [0.25, 0.3) is 5.91 Å². The number of fused-ring (bicyclic) bond motifs is 1. The van der Waals surface area contributed by atoms with Crippen molar-refractivity contribution >= 4 is 33.1 Å². The van der Waals surface area contributed by atoms with Crippen LogP contribution in [-0.2, 0) is 5.41 Å². The number of nitrogens with one attached hydrogen (secondary N) is 1. The van der Waals surface area contributed by atoms with E-state index < -0.39 is 0 Å². The second-order valence-corrected chi connectivity index (χ2v) is 8.45. The molecule has 0 bridgehead atoms. The molecule has 0 aliphatic rings. The highest BCUT2D eigenvalue weighted by Crippen LogP contribution is 2.28. The molecule has 1 amide bonds. The van der Waals surface area contributed by atoms with Crippen LogP contribution in [0, 0.1) is 0 Å². The maximum Gasteiger partial charge on any atom is 0.266 e. The predicted octanol–water partition coefficient (Wildman–Crippen LogP) is 5.03. The van der Waals surface area contributed by atoms with Crippen LogP contribution in [0.1, 0.15) is 36.1 Å². The number of rotatable bonds is 3. The number of carbonyl (C=O) groups excluding carboxylic acids is 1. The molecule has 5 nitrogen and oxygen atoms in total. The van der Waals surface area contributed by atoms with Crippen LogP contribution in [0.2, 0.25) is 0 Å². The van der Waals surface area contributed by atoms with Gasteiger partial charge in [-0.15, -0.1) is 11.3 Å². The van der Waals surface area contributed by atoms with Crippen LogP contribution in [0.15, 0.2) is 60.8 Å². The molecule has 4 aromatic rings. The molecule has 6 heteroatoms. The number of nitrogens with zero attached hydrogens (tertiary/aromatic N) is 3. The lowest BCUT2D eigenvalue weighted by Crippen LogP contribution is -2.14. The zero-order valence-corrected chi connectivity index (χ0v) is 16.2. The van der Waals surface area contributed by atoms with Crippen LogP contribution >= 0.6 is 11.3 Å². The van der Waals surface area contributed by atoms with Crippen molar-refractivity contribution in [2.45, 2.75) is 26.2 Å². The number of aromatic nitrogens is 3. The van der Waals surface area contributed by atoms with Crippen LogP contribution in [0.3, 0.4) is 0 Å². The normalized spacial score (nSPS) is 11.7. The average molecular weight is 376 g/mol. The number of anilines is 1. The van der Waals surface area contributed by atoms with Crippen LogP contribution in [0.5, 0.6) is 0 Å². The van der Waals surface area contributed by atoms with E-state index in [9.17, 15) is 4.79 Å². The highest BCUT2D eigenvalue weighted by molar-refractivity contribution is 7.20. The minimum atomic E-state index is -0.145. The molecule has 0 radical (unpaired) electrons. The Hall–Kier alpha value is -2.99. The number of benzene rings is 1. The number of amides is 1. The summed E-state index contributed by atoms with van der Waals surface area (Å²) in [5.74, 6) is 1.13. The van der Waals surface area contributed by atoms with Crippen molar-refractivity contribution in [1.29, 1.82) is 0 Å². The van der Waals surface area contributed by atoms with Crippen molar-refractivity contribution in [3.05, 3.63) is 71.4 Å². The smallest absolute Gasteiger partial charge is 0.266 e. The summed E-state index contributed by atoms with van der Waals surface area (Å²) >= 11 is 1.48. The van der Waals surface area contributed by atoms with Crippen molar-refractivity contribution in [2.24, 2.45) is 0 Å². The molecule has 0 unspecified atom stereocenters. The molecule has 4 rings (SSSR count). The van der Waals surface area contributed by atoms with E-state index in [1.165, 1.54) is 11.3 Å². The monoisotopic (exact) mass is 376 g/mol. The fourth-order valence-corrected chi connectivity index (χ4v) is 3.72. The van der Waals surface area contributed by atoms with E-state index in [4.69, 9.17) is 0 Å². The van der Waals surface area contributed by atoms with Gasteiger partial charge < -0.3 is 5.32 Å². The highest BCUT2D eigenvalue weighted by Gasteiger charge is 2.22. The molecule has 3 heterocycles. The molecule has 0 saturated heterocycles. The first-order valence-electron chi connectivity index (χ1n) is 8.74. The molecule has 0 saturated carbocycles. The molecule has 0 spiro atoms. The number of hydrogen-bond donors (Lipinski definition) is 1. The summed E-state index contributed by atoms with van der Waals surface area (Å²) in [6.07, 6.45) is 1.71. The summed E-state index contributed by atoms with van der Waals surface area (Å²) in [7, 11) is 0. The lowest BCUT2D eigenvalue weighted by Gasteiger charge is -2.13. The summed E-state index contributed by atoms with van der Waals surface area (Å²) in [5.41, 5.74) is 0.747. The Kier molecular flexibility index (Phi) is 4.28.